The molecule has 1 heterocycles. The molecule has 152 valence electrons. The molecule has 3 rings (SSSR count). The third-order valence-electron chi connectivity index (χ3n) is 4.48. The fourth-order valence-electron chi connectivity index (χ4n) is 2.57. The third kappa shape index (κ3) is 4.51. The van der Waals surface area contributed by atoms with Crippen molar-refractivity contribution in [2.45, 2.75) is 18.7 Å². The number of aromatic nitrogens is 1. The molecule has 0 spiro atoms. The standard InChI is InChI=1S/C20H20ClN3O3S2/c1-12-5-6-14(9-13(12)2)17-11-28-20(22-17)23-19(25)15-7-8-16(21)18(10-15)29(26,27)24(3)4/h5-11H,1-4H3,(H,22,23,25). The van der Waals surface area contributed by atoms with Gasteiger partial charge in [-0.3, -0.25) is 10.1 Å². The number of halogens is 1. The van der Waals surface area contributed by atoms with Crippen LogP contribution in [-0.4, -0.2) is 37.7 Å². The lowest BCUT2D eigenvalue weighted by Gasteiger charge is -2.13. The van der Waals surface area contributed by atoms with E-state index in [1.165, 1.54) is 49.2 Å². The van der Waals surface area contributed by atoms with E-state index in [-0.39, 0.29) is 15.5 Å². The van der Waals surface area contributed by atoms with Crippen molar-refractivity contribution < 1.29 is 13.2 Å². The molecule has 0 aliphatic carbocycles. The molecule has 0 radical (unpaired) electrons. The average molecular weight is 450 g/mol. The van der Waals surface area contributed by atoms with Crippen molar-refractivity contribution in [3.63, 3.8) is 0 Å². The molecule has 0 fully saturated rings. The normalized spacial score (nSPS) is 11.7. The Balaban J connectivity index is 1.84. The number of hydrogen-bond donors (Lipinski definition) is 1. The molecule has 0 unspecified atom stereocenters. The number of aryl methyl sites for hydroxylation is 2. The Morgan fingerprint density at radius 1 is 1.10 bits per heavy atom. The topological polar surface area (TPSA) is 79.4 Å². The van der Waals surface area contributed by atoms with Gasteiger partial charge in [0, 0.05) is 30.6 Å². The first kappa shape index (κ1) is 21.4. The number of nitrogens with zero attached hydrogens (tertiary/aromatic N) is 2. The van der Waals surface area contributed by atoms with Crippen LogP contribution in [-0.2, 0) is 10.0 Å². The van der Waals surface area contributed by atoms with Crippen LogP contribution in [0.4, 0.5) is 5.13 Å². The minimum Gasteiger partial charge on any atom is -0.298 e. The molecule has 0 saturated carbocycles. The van der Waals surface area contributed by atoms with E-state index in [4.69, 9.17) is 11.6 Å². The van der Waals surface area contributed by atoms with Crippen LogP contribution >= 0.6 is 22.9 Å². The van der Waals surface area contributed by atoms with Gasteiger partial charge in [0.05, 0.1) is 10.7 Å². The van der Waals surface area contributed by atoms with Crippen LogP contribution in [0, 0.1) is 13.8 Å². The Kier molecular flexibility index (Phi) is 6.09. The fraction of sp³-hybridized carbons (Fsp3) is 0.200. The number of carbonyl (C=O) groups is 1. The Morgan fingerprint density at radius 2 is 1.83 bits per heavy atom. The first-order valence-electron chi connectivity index (χ1n) is 8.66. The molecule has 1 amide bonds. The van der Waals surface area contributed by atoms with E-state index in [2.05, 4.69) is 10.3 Å². The predicted octanol–water partition coefficient (Wildman–Crippen LogP) is 4.58. The van der Waals surface area contributed by atoms with E-state index in [1.807, 2.05) is 37.4 Å². The minimum atomic E-state index is -3.77. The van der Waals surface area contributed by atoms with Gasteiger partial charge in [-0.2, -0.15) is 0 Å². The number of thiazole rings is 1. The molecule has 1 aromatic heterocycles. The smallest absolute Gasteiger partial charge is 0.257 e. The lowest BCUT2D eigenvalue weighted by molar-refractivity contribution is 0.102. The molecule has 9 heteroatoms. The Hall–Kier alpha value is -2.26. The number of benzene rings is 2. The summed E-state index contributed by atoms with van der Waals surface area (Å²) in [7, 11) is -0.958. The third-order valence-corrected chi connectivity index (χ3v) is 7.53. The second-order valence-electron chi connectivity index (χ2n) is 6.72. The summed E-state index contributed by atoms with van der Waals surface area (Å²) in [6.45, 7) is 4.08. The Labute approximate surface area is 179 Å². The molecule has 0 aliphatic rings. The zero-order valence-corrected chi connectivity index (χ0v) is 18.7. The van der Waals surface area contributed by atoms with Crippen LogP contribution in [0.2, 0.25) is 5.02 Å². The summed E-state index contributed by atoms with van der Waals surface area (Å²) in [6.07, 6.45) is 0. The summed E-state index contributed by atoms with van der Waals surface area (Å²) >= 11 is 7.34. The van der Waals surface area contributed by atoms with Gasteiger partial charge in [0.2, 0.25) is 10.0 Å². The van der Waals surface area contributed by atoms with Gasteiger partial charge >= 0.3 is 0 Å². The monoisotopic (exact) mass is 449 g/mol. The highest BCUT2D eigenvalue weighted by Crippen LogP contribution is 2.28. The molecular formula is C20H20ClN3O3S2. The van der Waals surface area contributed by atoms with Gasteiger partial charge in [0.25, 0.3) is 5.91 Å². The molecular weight excluding hydrogens is 430 g/mol. The quantitative estimate of drug-likeness (QED) is 0.618. The highest BCUT2D eigenvalue weighted by atomic mass is 35.5. The summed E-state index contributed by atoms with van der Waals surface area (Å²) in [5.41, 5.74) is 4.27. The number of carbonyl (C=O) groups excluding carboxylic acids is 1. The molecule has 2 aromatic carbocycles. The van der Waals surface area contributed by atoms with Gasteiger partial charge < -0.3 is 0 Å². The molecule has 0 bridgehead atoms. The van der Waals surface area contributed by atoms with Crippen molar-refractivity contribution in [2.24, 2.45) is 0 Å². The molecule has 0 saturated heterocycles. The van der Waals surface area contributed by atoms with Crippen LogP contribution in [0.5, 0.6) is 0 Å². The van der Waals surface area contributed by atoms with Crippen molar-refractivity contribution in [3.8, 4) is 11.3 Å². The molecule has 29 heavy (non-hydrogen) atoms. The summed E-state index contributed by atoms with van der Waals surface area (Å²) < 4.78 is 25.8. The van der Waals surface area contributed by atoms with Crippen LogP contribution < -0.4 is 5.32 Å². The van der Waals surface area contributed by atoms with Gasteiger partial charge in [-0.05, 0) is 49.2 Å². The van der Waals surface area contributed by atoms with Gasteiger partial charge in [-0.1, -0.05) is 23.7 Å². The number of amides is 1. The van der Waals surface area contributed by atoms with Gasteiger partial charge in [-0.15, -0.1) is 11.3 Å². The second-order valence-corrected chi connectivity index (χ2v) is 10.1. The number of hydrogen-bond acceptors (Lipinski definition) is 5. The van der Waals surface area contributed by atoms with E-state index >= 15 is 0 Å². The van der Waals surface area contributed by atoms with Crippen LogP contribution in [0.25, 0.3) is 11.3 Å². The highest BCUT2D eigenvalue weighted by Gasteiger charge is 2.22. The van der Waals surface area contributed by atoms with Crippen molar-refractivity contribution in [2.75, 3.05) is 19.4 Å². The maximum absolute atomic E-state index is 12.6. The van der Waals surface area contributed by atoms with Gasteiger partial charge in [-0.25, -0.2) is 17.7 Å². The first-order chi connectivity index (χ1) is 13.6. The van der Waals surface area contributed by atoms with Crippen molar-refractivity contribution in [1.29, 1.82) is 0 Å². The largest absolute Gasteiger partial charge is 0.298 e. The molecule has 6 nitrogen and oxygen atoms in total. The zero-order valence-electron chi connectivity index (χ0n) is 16.4. The fourth-order valence-corrected chi connectivity index (χ4v) is 4.68. The lowest BCUT2D eigenvalue weighted by Crippen LogP contribution is -2.23. The molecule has 0 aliphatic heterocycles. The zero-order chi connectivity index (χ0) is 21.3. The first-order valence-corrected chi connectivity index (χ1v) is 11.4. The van der Waals surface area contributed by atoms with Gasteiger partial charge in [0.15, 0.2) is 5.13 Å². The van der Waals surface area contributed by atoms with E-state index in [0.717, 1.165) is 21.1 Å². The maximum atomic E-state index is 12.6. The molecule has 0 atom stereocenters. The number of rotatable bonds is 5. The predicted molar refractivity (Wildman–Crippen MR) is 117 cm³/mol. The highest BCUT2D eigenvalue weighted by molar-refractivity contribution is 7.89. The van der Waals surface area contributed by atoms with Crippen LogP contribution in [0.1, 0.15) is 21.5 Å². The van der Waals surface area contributed by atoms with Crippen LogP contribution in [0.15, 0.2) is 46.7 Å². The summed E-state index contributed by atoms with van der Waals surface area (Å²) in [6, 6.07) is 10.2. The van der Waals surface area contributed by atoms with E-state index < -0.39 is 15.9 Å². The second kappa shape index (κ2) is 8.23. The van der Waals surface area contributed by atoms with E-state index in [9.17, 15) is 13.2 Å². The van der Waals surface area contributed by atoms with E-state index in [0.29, 0.717) is 5.13 Å². The number of sulfonamides is 1. The van der Waals surface area contributed by atoms with Crippen molar-refractivity contribution >= 4 is 44.0 Å². The molecule has 3 aromatic rings. The Morgan fingerprint density at radius 3 is 2.48 bits per heavy atom. The summed E-state index contributed by atoms with van der Waals surface area (Å²) in [4.78, 5) is 17.0. The van der Waals surface area contributed by atoms with Crippen LogP contribution in [0.3, 0.4) is 0 Å². The number of anilines is 1. The van der Waals surface area contributed by atoms with Gasteiger partial charge in [0.1, 0.15) is 4.90 Å². The minimum absolute atomic E-state index is 0.0570. The van der Waals surface area contributed by atoms with Crippen molar-refractivity contribution in [1.82, 2.24) is 9.29 Å². The maximum Gasteiger partial charge on any atom is 0.257 e. The van der Waals surface area contributed by atoms with Crippen molar-refractivity contribution in [3.05, 3.63) is 63.5 Å². The Bertz CT molecular complexity index is 1190. The van der Waals surface area contributed by atoms with E-state index in [1.54, 1.807) is 0 Å². The summed E-state index contributed by atoms with van der Waals surface area (Å²) in [5.74, 6) is -0.460. The molecule has 1 N–H and O–H groups in total. The lowest BCUT2D eigenvalue weighted by atomic mass is 10.1. The SMILES string of the molecule is Cc1ccc(-c2csc(NC(=O)c3ccc(Cl)c(S(=O)(=O)N(C)C)c3)n2)cc1C. The number of nitrogens with one attached hydrogen (secondary N) is 1. The average Bonchev–Trinajstić information content (AvgIpc) is 3.12. The summed E-state index contributed by atoms with van der Waals surface area (Å²) in [5, 5.41) is 5.07.